The minimum absolute atomic E-state index is 0.0863. The van der Waals surface area contributed by atoms with Crippen LogP contribution in [0.2, 0.25) is 5.02 Å². The molecule has 5 aromatic rings. The van der Waals surface area contributed by atoms with Crippen LogP contribution in [0.15, 0.2) is 49.1 Å². The van der Waals surface area contributed by atoms with E-state index in [1.807, 2.05) is 0 Å². The van der Waals surface area contributed by atoms with Gasteiger partial charge in [-0.2, -0.15) is 10.2 Å². The molecule has 1 aliphatic rings. The first-order chi connectivity index (χ1) is 16.9. The normalized spacial score (nSPS) is 17.1. The maximum atomic E-state index is 15.7. The summed E-state index contributed by atoms with van der Waals surface area (Å²) in [6.45, 7) is 0. The molecule has 0 saturated heterocycles. The molecule has 4 heterocycles. The van der Waals surface area contributed by atoms with Gasteiger partial charge in [-0.05, 0) is 30.2 Å². The molecule has 9 nitrogen and oxygen atoms in total. The lowest BCUT2D eigenvalue weighted by molar-refractivity contribution is -0.117. The Balaban J connectivity index is 1.43. The number of hydrogen-bond acceptors (Lipinski definition) is 6. The van der Waals surface area contributed by atoms with Gasteiger partial charge in [-0.3, -0.25) is 9.89 Å². The van der Waals surface area contributed by atoms with E-state index in [-0.39, 0.29) is 17.1 Å². The molecule has 12 heteroatoms. The van der Waals surface area contributed by atoms with Gasteiger partial charge in [0.05, 0.1) is 28.2 Å². The van der Waals surface area contributed by atoms with Gasteiger partial charge in [-0.15, -0.1) is 0 Å². The minimum atomic E-state index is -1.09. The highest BCUT2D eigenvalue weighted by molar-refractivity contribution is 6.36. The second kappa shape index (κ2) is 7.98. The largest absolute Gasteiger partial charge is 0.309 e. The standard InChI is InChI=1S/C23H17ClF2N8O/c1-33(23-27-4-2-5-28-23)21-19(26)18(24)17(14-10-29-31-20(14)21)11-3-6-34-12(7-11)8-16(32-34)30-22(35)13-9-15(13)25/h2-8,10,13,15H,9H2,1H3,(H,29,31)(H,30,32,35)/t13-,15+/m1/s1. The zero-order valence-corrected chi connectivity index (χ0v) is 19.0. The highest BCUT2D eigenvalue weighted by Crippen LogP contribution is 2.43. The molecule has 35 heavy (non-hydrogen) atoms. The lowest BCUT2D eigenvalue weighted by Gasteiger charge is -2.20. The van der Waals surface area contributed by atoms with Crippen molar-refractivity contribution in [2.75, 3.05) is 17.3 Å². The fourth-order valence-electron chi connectivity index (χ4n) is 4.12. The Kier molecular flexibility index (Phi) is 4.88. The van der Waals surface area contributed by atoms with Gasteiger partial charge in [0.15, 0.2) is 11.6 Å². The number of carbonyl (C=O) groups excluding carboxylic acids is 1. The Morgan fingerprint density at radius 1 is 1.31 bits per heavy atom. The predicted molar refractivity (Wildman–Crippen MR) is 127 cm³/mol. The van der Waals surface area contributed by atoms with Crippen molar-refractivity contribution in [1.29, 1.82) is 0 Å². The van der Waals surface area contributed by atoms with E-state index in [1.54, 1.807) is 60.6 Å². The van der Waals surface area contributed by atoms with Crippen LogP contribution in [0.3, 0.4) is 0 Å². The van der Waals surface area contributed by atoms with Crippen LogP contribution in [-0.2, 0) is 4.79 Å². The van der Waals surface area contributed by atoms with Crippen molar-refractivity contribution in [3.8, 4) is 11.1 Å². The average molecular weight is 495 g/mol. The van der Waals surface area contributed by atoms with Crippen LogP contribution < -0.4 is 10.2 Å². The maximum Gasteiger partial charge on any atom is 0.231 e. The number of H-pyrrole nitrogens is 1. The van der Waals surface area contributed by atoms with E-state index >= 15 is 4.39 Å². The number of benzene rings is 1. The number of amides is 1. The number of carbonyl (C=O) groups is 1. The van der Waals surface area contributed by atoms with Gasteiger partial charge < -0.3 is 10.2 Å². The number of anilines is 3. The molecule has 2 atom stereocenters. The molecule has 1 saturated carbocycles. The second-order valence-corrected chi connectivity index (χ2v) is 8.66. The van der Waals surface area contributed by atoms with Crippen molar-refractivity contribution >= 4 is 51.4 Å². The molecule has 4 aromatic heterocycles. The zero-order valence-electron chi connectivity index (χ0n) is 18.2. The number of alkyl halides is 1. The number of nitrogens with one attached hydrogen (secondary N) is 2. The minimum Gasteiger partial charge on any atom is -0.309 e. The summed E-state index contributed by atoms with van der Waals surface area (Å²) in [6, 6.07) is 6.83. The zero-order chi connectivity index (χ0) is 24.3. The molecule has 1 amide bonds. The number of aromatic nitrogens is 6. The van der Waals surface area contributed by atoms with Gasteiger partial charge in [0, 0.05) is 42.7 Å². The van der Waals surface area contributed by atoms with Gasteiger partial charge in [0.2, 0.25) is 11.9 Å². The highest BCUT2D eigenvalue weighted by Gasteiger charge is 2.43. The SMILES string of the molecule is CN(c1ncccn1)c1c(F)c(Cl)c(-c2ccn3nc(NC(=O)[C@@H]4C[C@@H]4F)cc3c2)c2cn[nH]c12. The fraction of sp³-hybridized carbons (Fsp3) is 0.174. The van der Waals surface area contributed by atoms with Gasteiger partial charge >= 0.3 is 0 Å². The van der Waals surface area contributed by atoms with Crippen LogP contribution in [0.4, 0.5) is 26.2 Å². The van der Waals surface area contributed by atoms with E-state index in [2.05, 4.69) is 30.6 Å². The molecule has 1 fully saturated rings. The molecule has 1 aliphatic carbocycles. The summed E-state index contributed by atoms with van der Waals surface area (Å²) < 4.78 is 30.4. The Labute approximate surface area is 201 Å². The Hall–Kier alpha value is -4.12. The molecule has 0 unspecified atom stereocenters. The monoisotopic (exact) mass is 494 g/mol. The van der Waals surface area contributed by atoms with Crippen LogP contribution in [0.25, 0.3) is 27.5 Å². The van der Waals surface area contributed by atoms with Gasteiger partial charge in [0.1, 0.15) is 11.9 Å². The summed E-state index contributed by atoms with van der Waals surface area (Å²) in [5.74, 6) is -1.07. The predicted octanol–water partition coefficient (Wildman–Crippen LogP) is 4.52. The third kappa shape index (κ3) is 3.55. The van der Waals surface area contributed by atoms with Crippen LogP contribution in [0.1, 0.15) is 6.42 Å². The fourth-order valence-corrected chi connectivity index (χ4v) is 4.43. The van der Waals surface area contributed by atoms with E-state index in [9.17, 15) is 9.18 Å². The summed E-state index contributed by atoms with van der Waals surface area (Å²) in [4.78, 5) is 21.9. The van der Waals surface area contributed by atoms with Crippen molar-refractivity contribution in [2.45, 2.75) is 12.6 Å². The highest BCUT2D eigenvalue weighted by atomic mass is 35.5. The lowest BCUT2D eigenvalue weighted by atomic mass is 10.0. The molecular formula is C23H17ClF2N8O. The number of pyridine rings is 1. The van der Waals surface area contributed by atoms with E-state index in [0.717, 1.165) is 0 Å². The number of aromatic amines is 1. The summed E-state index contributed by atoms with van der Waals surface area (Å²) in [7, 11) is 1.64. The average Bonchev–Trinajstić information content (AvgIpc) is 3.22. The topological polar surface area (TPSA) is 104 Å². The molecule has 2 N–H and O–H groups in total. The molecular weight excluding hydrogens is 478 g/mol. The van der Waals surface area contributed by atoms with Crippen molar-refractivity contribution in [2.24, 2.45) is 5.92 Å². The first-order valence-corrected chi connectivity index (χ1v) is 11.1. The summed E-state index contributed by atoms with van der Waals surface area (Å²) >= 11 is 6.58. The molecule has 176 valence electrons. The number of halogens is 3. The molecule has 0 radical (unpaired) electrons. The number of rotatable bonds is 5. The quantitative estimate of drug-likeness (QED) is 0.372. The summed E-state index contributed by atoms with van der Waals surface area (Å²) in [6.07, 6.45) is 5.52. The second-order valence-electron chi connectivity index (χ2n) is 8.28. The van der Waals surface area contributed by atoms with Crippen molar-refractivity contribution in [1.82, 2.24) is 29.8 Å². The van der Waals surface area contributed by atoms with Crippen molar-refractivity contribution in [3.63, 3.8) is 0 Å². The third-order valence-electron chi connectivity index (χ3n) is 6.01. The van der Waals surface area contributed by atoms with Crippen LogP contribution in [0, 0.1) is 11.7 Å². The first kappa shape index (κ1) is 21.4. The Bertz CT molecular complexity index is 1600. The molecule has 0 spiro atoms. The van der Waals surface area contributed by atoms with Gasteiger partial charge in [-0.25, -0.2) is 23.3 Å². The Morgan fingerprint density at radius 3 is 2.83 bits per heavy atom. The lowest BCUT2D eigenvalue weighted by Crippen LogP contribution is -2.15. The van der Waals surface area contributed by atoms with E-state index in [0.29, 0.717) is 39.3 Å². The van der Waals surface area contributed by atoms with E-state index in [4.69, 9.17) is 11.6 Å². The van der Waals surface area contributed by atoms with Gasteiger partial charge in [-0.1, -0.05) is 11.6 Å². The smallest absolute Gasteiger partial charge is 0.231 e. The third-order valence-corrected chi connectivity index (χ3v) is 6.36. The van der Waals surface area contributed by atoms with Crippen LogP contribution in [-0.4, -0.2) is 48.9 Å². The Morgan fingerprint density at radius 2 is 2.09 bits per heavy atom. The summed E-state index contributed by atoms with van der Waals surface area (Å²) in [5.41, 5.74) is 2.31. The first-order valence-electron chi connectivity index (χ1n) is 10.7. The molecule has 0 bridgehead atoms. The van der Waals surface area contributed by atoms with Crippen molar-refractivity contribution < 1.29 is 13.6 Å². The van der Waals surface area contributed by atoms with Crippen LogP contribution >= 0.6 is 11.6 Å². The number of nitrogens with zero attached hydrogens (tertiary/aromatic N) is 6. The summed E-state index contributed by atoms with van der Waals surface area (Å²) in [5, 5.41) is 14.4. The van der Waals surface area contributed by atoms with E-state index in [1.165, 1.54) is 4.90 Å². The van der Waals surface area contributed by atoms with Gasteiger partial charge in [0.25, 0.3) is 0 Å². The number of fused-ring (bicyclic) bond motifs is 2. The van der Waals surface area contributed by atoms with Crippen LogP contribution in [0.5, 0.6) is 0 Å². The molecule has 0 aliphatic heterocycles. The van der Waals surface area contributed by atoms with Crippen molar-refractivity contribution in [3.05, 3.63) is 59.9 Å². The molecule has 6 rings (SSSR count). The maximum absolute atomic E-state index is 15.7. The van der Waals surface area contributed by atoms with E-state index < -0.39 is 23.8 Å². The number of hydrogen-bond donors (Lipinski definition) is 2. The molecule has 1 aromatic carbocycles.